The number of hydrogen-bond acceptors (Lipinski definition) is 4. The molecule has 0 fully saturated rings. The highest BCUT2D eigenvalue weighted by Gasteiger charge is 2.14. The van der Waals surface area contributed by atoms with E-state index < -0.39 is 10.0 Å². The lowest BCUT2D eigenvalue weighted by atomic mass is 10.2. The standard InChI is InChI=1S/C15H16N2O3S/c1-12(18)14-5-2-6-15(10-14)21(19,20)17-9-7-13-4-3-8-16-11-13/h2-6,8,10-11,17H,7,9H2,1H3. The maximum atomic E-state index is 12.2. The van der Waals surface area contributed by atoms with Crippen molar-refractivity contribution in [2.45, 2.75) is 18.2 Å². The van der Waals surface area contributed by atoms with E-state index in [1.165, 1.54) is 19.1 Å². The Morgan fingerprint density at radius 2 is 2.05 bits per heavy atom. The van der Waals surface area contributed by atoms with Crippen LogP contribution in [0.15, 0.2) is 53.7 Å². The minimum atomic E-state index is -3.61. The first-order chi connectivity index (χ1) is 9.99. The summed E-state index contributed by atoms with van der Waals surface area (Å²) in [5.74, 6) is -0.164. The van der Waals surface area contributed by atoms with Gasteiger partial charge in [0.25, 0.3) is 0 Å². The van der Waals surface area contributed by atoms with Gasteiger partial charge in [-0.3, -0.25) is 9.78 Å². The van der Waals surface area contributed by atoms with Gasteiger partial charge in [-0.25, -0.2) is 13.1 Å². The van der Waals surface area contributed by atoms with E-state index in [1.54, 1.807) is 30.6 Å². The summed E-state index contributed by atoms with van der Waals surface area (Å²) >= 11 is 0. The zero-order chi connectivity index (χ0) is 15.3. The smallest absolute Gasteiger partial charge is 0.240 e. The van der Waals surface area contributed by atoms with Crippen LogP contribution in [0.25, 0.3) is 0 Å². The predicted octanol–water partition coefficient (Wildman–Crippen LogP) is 1.81. The first kappa shape index (κ1) is 15.3. The third-order valence-corrected chi connectivity index (χ3v) is 4.44. The number of carbonyl (C=O) groups excluding carboxylic acids is 1. The lowest BCUT2D eigenvalue weighted by Crippen LogP contribution is -2.26. The van der Waals surface area contributed by atoms with Crippen molar-refractivity contribution in [2.24, 2.45) is 0 Å². The molecule has 1 heterocycles. The molecule has 0 bridgehead atoms. The summed E-state index contributed by atoms with van der Waals surface area (Å²) in [6.45, 7) is 1.68. The molecular weight excluding hydrogens is 288 g/mol. The summed E-state index contributed by atoms with van der Waals surface area (Å²) in [4.78, 5) is 15.4. The average Bonchev–Trinajstić information content (AvgIpc) is 2.48. The second-order valence-electron chi connectivity index (χ2n) is 4.59. The molecule has 0 saturated heterocycles. The number of benzene rings is 1. The molecule has 0 aliphatic rings. The zero-order valence-electron chi connectivity index (χ0n) is 11.6. The molecule has 0 atom stereocenters. The SMILES string of the molecule is CC(=O)c1cccc(S(=O)(=O)NCCc2cccnc2)c1. The zero-order valence-corrected chi connectivity index (χ0v) is 12.4. The normalized spacial score (nSPS) is 11.3. The van der Waals surface area contributed by atoms with Gasteiger partial charge in [0.2, 0.25) is 10.0 Å². The van der Waals surface area contributed by atoms with Crippen LogP contribution in [-0.2, 0) is 16.4 Å². The molecule has 1 N–H and O–H groups in total. The fraction of sp³-hybridized carbons (Fsp3) is 0.200. The van der Waals surface area contributed by atoms with Crippen LogP contribution < -0.4 is 4.72 Å². The number of Topliss-reactive ketones (excluding diaryl/α,β-unsaturated/α-hetero) is 1. The van der Waals surface area contributed by atoms with Gasteiger partial charge in [0.15, 0.2) is 5.78 Å². The Kier molecular flexibility index (Phi) is 4.82. The van der Waals surface area contributed by atoms with Gasteiger partial charge in [-0.15, -0.1) is 0 Å². The minimum Gasteiger partial charge on any atom is -0.295 e. The molecule has 0 saturated carbocycles. The number of aromatic nitrogens is 1. The van der Waals surface area contributed by atoms with Gasteiger partial charge in [-0.05, 0) is 37.1 Å². The van der Waals surface area contributed by atoms with Gasteiger partial charge in [0, 0.05) is 24.5 Å². The van der Waals surface area contributed by atoms with Crippen molar-refractivity contribution in [3.05, 3.63) is 59.9 Å². The highest BCUT2D eigenvalue weighted by molar-refractivity contribution is 7.89. The van der Waals surface area contributed by atoms with Crippen LogP contribution in [0.2, 0.25) is 0 Å². The fourth-order valence-electron chi connectivity index (χ4n) is 1.84. The Morgan fingerprint density at radius 3 is 2.71 bits per heavy atom. The Balaban J connectivity index is 2.05. The molecule has 0 aliphatic heterocycles. The molecule has 2 aromatic rings. The second kappa shape index (κ2) is 6.60. The first-order valence-electron chi connectivity index (χ1n) is 6.48. The number of ketones is 1. The Bertz CT molecular complexity index is 728. The van der Waals surface area contributed by atoms with E-state index in [1.807, 2.05) is 6.07 Å². The largest absolute Gasteiger partial charge is 0.295 e. The predicted molar refractivity (Wildman–Crippen MR) is 79.6 cm³/mol. The van der Waals surface area contributed by atoms with Gasteiger partial charge in [0.1, 0.15) is 0 Å². The van der Waals surface area contributed by atoms with E-state index >= 15 is 0 Å². The molecule has 0 aliphatic carbocycles. The lowest BCUT2D eigenvalue weighted by Gasteiger charge is -2.07. The van der Waals surface area contributed by atoms with E-state index in [2.05, 4.69) is 9.71 Å². The van der Waals surface area contributed by atoms with Gasteiger partial charge in [-0.2, -0.15) is 0 Å². The molecule has 1 aromatic carbocycles. The molecule has 110 valence electrons. The van der Waals surface area contributed by atoms with Gasteiger partial charge < -0.3 is 0 Å². The highest BCUT2D eigenvalue weighted by Crippen LogP contribution is 2.12. The molecule has 0 radical (unpaired) electrons. The van der Waals surface area contributed by atoms with E-state index in [0.29, 0.717) is 12.0 Å². The third kappa shape index (κ3) is 4.21. The monoisotopic (exact) mass is 304 g/mol. The number of nitrogens with zero attached hydrogens (tertiary/aromatic N) is 1. The van der Waals surface area contributed by atoms with Crippen molar-refractivity contribution in [3.8, 4) is 0 Å². The summed E-state index contributed by atoms with van der Waals surface area (Å²) in [7, 11) is -3.61. The van der Waals surface area contributed by atoms with Crippen LogP contribution in [0.3, 0.4) is 0 Å². The van der Waals surface area contributed by atoms with Crippen molar-refractivity contribution >= 4 is 15.8 Å². The Hall–Kier alpha value is -2.05. The van der Waals surface area contributed by atoms with Crippen LogP contribution in [0, 0.1) is 0 Å². The molecule has 6 heteroatoms. The molecule has 5 nitrogen and oxygen atoms in total. The van der Waals surface area contributed by atoms with Crippen molar-refractivity contribution in [1.82, 2.24) is 9.71 Å². The van der Waals surface area contributed by atoms with Crippen LogP contribution in [-0.4, -0.2) is 25.7 Å². The molecular formula is C15H16N2O3S. The summed E-state index contributed by atoms with van der Waals surface area (Å²) in [6.07, 6.45) is 3.92. The van der Waals surface area contributed by atoms with Crippen molar-refractivity contribution in [1.29, 1.82) is 0 Å². The van der Waals surface area contributed by atoms with Crippen LogP contribution in [0.1, 0.15) is 22.8 Å². The van der Waals surface area contributed by atoms with Crippen LogP contribution in [0.5, 0.6) is 0 Å². The van der Waals surface area contributed by atoms with Gasteiger partial charge >= 0.3 is 0 Å². The van der Waals surface area contributed by atoms with E-state index in [-0.39, 0.29) is 17.2 Å². The minimum absolute atomic E-state index is 0.0985. The number of pyridine rings is 1. The quantitative estimate of drug-likeness (QED) is 0.826. The molecule has 0 spiro atoms. The summed E-state index contributed by atoms with van der Waals surface area (Å²) in [5, 5.41) is 0. The van der Waals surface area contributed by atoms with Crippen LogP contribution in [0.4, 0.5) is 0 Å². The summed E-state index contributed by atoms with van der Waals surface area (Å²) < 4.78 is 26.8. The molecule has 0 amide bonds. The van der Waals surface area contributed by atoms with E-state index in [0.717, 1.165) is 5.56 Å². The van der Waals surface area contributed by atoms with E-state index in [9.17, 15) is 13.2 Å². The van der Waals surface area contributed by atoms with Gasteiger partial charge in [-0.1, -0.05) is 18.2 Å². The fourth-order valence-corrected chi connectivity index (χ4v) is 2.92. The topological polar surface area (TPSA) is 76.1 Å². The highest BCUT2D eigenvalue weighted by atomic mass is 32.2. The first-order valence-corrected chi connectivity index (χ1v) is 7.97. The Morgan fingerprint density at radius 1 is 1.24 bits per heavy atom. The van der Waals surface area contributed by atoms with E-state index in [4.69, 9.17) is 0 Å². The Labute approximate surface area is 124 Å². The number of hydrogen-bond donors (Lipinski definition) is 1. The number of sulfonamides is 1. The number of rotatable bonds is 6. The summed E-state index contributed by atoms with van der Waals surface area (Å²) in [6, 6.07) is 9.70. The van der Waals surface area contributed by atoms with Crippen molar-refractivity contribution < 1.29 is 13.2 Å². The molecule has 21 heavy (non-hydrogen) atoms. The van der Waals surface area contributed by atoms with Crippen molar-refractivity contribution in [3.63, 3.8) is 0 Å². The van der Waals surface area contributed by atoms with Crippen LogP contribution >= 0.6 is 0 Å². The van der Waals surface area contributed by atoms with Gasteiger partial charge in [0.05, 0.1) is 4.90 Å². The number of carbonyl (C=O) groups is 1. The van der Waals surface area contributed by atoms with Crippen molar-refractivity contribution in [2.75, 3.05) is 6.54 Å². The lowest BCUT2D eigenvalue weighted by molar-refractivity contribution is 0.101. The molecule has 2 rings (SSSR count). The maximum Gasteiger partial charge on any atom is 0.240 e. The number of nitrogens with one attached hydrogen (secondary N) is 1. The maximum absolute atomic E-state index is 12.2. The average molecular weight is 304 g/mol. The third-order valence-electron chi connectivity index (χ3n) is 2.98. The summed E-state index contributed by atoms with van der Waals surface area (Å²) in [5.41, 5.74) is 1.34. The second-order valence-corrected chi connectivity index (χ2v) is 6.36. The molecule has 0 unspecified atom stereocenters. The molecule has 1 aromatic heterocycles.